The van der Waals surface area contributed by atoms with E-state index in [-0.39, 0.29) is 11.7 Å². The highest BCUT2D eigenvalue weighted by Crippen LogP contribution is 2.38. The van der Waals surface area contributed by atoms with Crippen molar-refractivity contribution in [1.29, 1.82) is 0 Å². The van der Waals surface area contributed by atoms with Crippen LogP contribution >= 0.6 is 0 Å². The van der Waals surface area contributed by atoms with Crippen LogP contribution in [0.3, 0.4) is 0 Å². The number of aromatic hydroxyl groups is 1. The molecule has 0 spiro atoms. The number of rotatable bonds is 2. The Bertz CT molecular complexity index is 704. The summed E-state index contributed by atoms with van der Waals surface area (Å²) in [5, 5.41) is 9.86. The topological polar surface area (TPSA) is 40.5 Å². The molecular formula is C17H15NO2. The molecule has 3 nitrogen and oxygen atoms in total. The Hall–Kier alpha value is -2.55. The van der Waals surface area contributed by atoms with E-state index in [9.17, 15) is 9.90 Å². The summed E-state index contributed by atoms with van der Waals surface area (Å²) in [7, 11) is 0. The fraction of sp³-hybridized carbons (Fsp3) is 0.118. The number of amides is 1. The van der Waals surface area contributed by atoms with Crippen LogP contribution in [-0.2, 0) is 4.79 Å². The number of fused-ring (bicyclic) bond motifs is 1. The highest BCUT2D eigenvalue weighted by Gasteiger charge is 2.30. The molecular weight excluding hydrogens is 250 g/mol. The summed E-state index contributed by atoms with van der Waals surface area (Å²) in [5.41, 5.74) is 3.14. The first-order valence-electron chi connectivity index (χ1n) is 6.63. The molecule has 1 heterocycles. The van der Waals surface area contributed by atoms with Gasteiger partial charge in [-0.1, -0.05) is 36.4 Å². The second-order valence-electron chi connectivity index (χ2n) is 4.68. The number of hydrogen-bond donors (Lipinski definition) is 1. The minimum atomic E-state index is -0.0167. The summed E-state index contributed by atoms with van der Waals surface area (Å²) in [4.78, 5) is 14.2. The predicted molar refractivity (Wildman–Crippen MR) is 80.4 cm³/mol. The molecule has 2 aromatic rings. The van der Waals surface area contributed by atoms with Gasteiger partial charge in [0.15, 0.2) is 0 Å². The summed E-state index contributed by atoms with van der Waals surface area (Å²) < 4.78 is 0. The van der Waals surface area contributed by atoms with E-state index in [4.69, 9.17) is 0 Å². The zero-order valence-corrected chi connectivity index (χ0v) is 11.2. The van der Waals surface area contributed by atoms with Crippen LogP contribution < -0.4 is 4.90 Å². The van der Waals surface area contributed by atoms with Gasteiger partial charge in [0.05, 0.1) is 5.69 Å². The largest absolute Gasteiger partial charge is 0.507 e. The summed E-state index contributed by atoms with van der Waals surface area (Å²) in [5.74, 6) is 0.164. The van der Waals surface area contributed by atoms with Crippen LogP contribution in [0.1, 0.15) is 18.1 Å². The van der Waals surface area contributed by atoms with E-state index in [0.29, 0.717) is 17.7 Å². The number of anilines is 1. The molecule has 1 amide bonds. The number of benzene rings is 2. The van der Waals surface area contributed by atoms with E-state index in [1.165, 1.54) is 0 Å². The Labute approximate surface area is 117 Å². The first kappa shape index (κ1) is 12.5. The Morgan fingerprint density at radius 1 is 1.10 bits per heavy atom. The quantitative estimate of drug-likeness (QED) is 0.846. The van der Waals surface area contributed by atoms with E-state index >= 15 is 0 Å². The van der Waals surface area contributed by atoms with Gasteiger partial charge in [0.25, 0.3) is 5.91 Å². The fourth-order valence-corrected chi connectivity index (χ4v) is 2.53. The third-order valence-corrected chi connectivity index (χ3v) is 3.51. The number of phenolic OH excluding ortho intramolecular Hbond substituents is 1. The first-order chi connectivity index (χ1) is 9.72. The highest BCUT2D eigenvalue weighted by molar-refractivity contribution is 6.35. The molecule has 0 saturated carbocycles. The molecule has 0 bridgehead atoms. The number of carbonyl (C=O) groups is 1. The molecule has 0 radical (unpaired) electrons. The summed E-state index contributed by atoms with van der Waals surface area (Å²) >= 11 is 0. The summed E-state index contributed by atoms with van der Waals surface area (Å²) in [6.45, 7) is 2.59. The molecule has 1 aliphatic rings. The highest BCUT2D eigenvalue weighted by atomic mass is 16.3. The van der Waals surface area contributed by atoms with Crippen molar-refractivity contribution >= 4 is 23.2 Å². The lowest BCUT2D eigenvalue weighted by Gasteiger charge is -2.13. The van der Waals surface area contributed by atoms with Gasteiger partial charge in [0.2, 0.25) is 0 Å². The van der Waals surface area contributed by atoms with Crippen LogP contribution in [0.25, 0.3) is 11.6 Å². The Morgan fingerprint density at radius 3 is 2.55 bits per heavy atom. The number of likely N-dealkylation sites (N-methyl/N-ethyl adjacent to an activating group) is 1. The maximum absolute atomic E-state index is 12.5. The molecule has 1 N–H and O–H groups in total. The van der Waals surface area contributed by atoms with Crippen LogP contribution in [0.15, 0.2) is 48.5 Å². The maximum Gasteiger partial charge on any atom is 0.258 e. The van der Waals surface area contributed by atoms with E-state index in [1.807, 2.05) is 37.3 Å². The minimum absolute atomic E-state index is 0.0167. The smallest absolute Gasteiger partial charge is 0.258 e. The molecule has 100 valence electrons. The molecule has 0 aromatic heterocycles. The van der Waals surface area contributed by atoms with Gasteiger partial charge in [-0.05, 0) is 25.1 Å². The van der Waals surface area contributed by atoms with Crippen LogP contribution in [0, 0.1) is 0 Å². The molecule has 0 unspecified atom stereocenters. The molecule has 20 heavy (non-hydrogen) atoms. The molecule has 3 heteroatoms. The van der Waals surface area contributed by atoms with E-state index in [2.05, 4.69) is 0 Å². The molecule has 1 aliphatic heterocycles. The van der Waals surface area contributed by atoms with Crippen molar-refractivity contribution in [2.45, 2.75) is 6.92 Å². The monoisotopic (exact) mass is 265 g/mol. The van der Waals surface area contributed by atoms with Crippen molar-refractivity contribution < 1.29 is 9.90 Å². The number of hydrogen-bond acceptors (Lipinski definition) is 2. The van der Waals surface area contributed by atoms with Gasteiger partial charge in [-0.25, -0.2) is 0 Å². The third-order valence-electron chi connectivity index (χ3n) is 3.51. The zero-order chi connectivity index (χ0) is 14.1. The maximum atomic E-state index is 12.5. The molecule has 0 fully saturated rings. The number of para-hydroxylation sites is 2. The Balaban J connectivity index is 2.15. The number of phenols is 1. The van der Waals surface area contributed by atoms with Gasteiger partial charge in [-0.3, -0.25) is 4.79 Å². The van der Waals surface area contributed by atoms with Gasteiger partial charge < -0.3 is 10.0 Å². The SMILES string of the molecule is CCN1C(=O)/C(=C\c2ccccc2O)c2ccccc21. The van der Waals surface area contributed by atoms with Crippen LogP contribution in [0.2, 0.25) is 0 Å². The number of nitrogens with zero attached hydrogens (tertiary/aromatic N) is 1. The standard InChI is InChI=1S/C17H15NO2/c1-2-18-15-9-5-4-8-13(15)14(17(18)20)11-12-7-3-6-10-16(12)19/h3-11,19H,2H2,1H3/b14-11-. The average Bonchev–Trinajstić information content (AvgIpc) is 2.74. The second kappa shape index (κ2) is 4.85. The molecule has 0 aliphatic carbocycles. The van der Waals surface area contributed by atoms with Gasteiger partial charge in [-0.2, -0.15) is 0 Å². The van der Waals surface area contributed by atoms with E-state index < -0.39 is 0 Å². The van der Waals surface area contributed by atoms with Crippen molar-refractivity contribution in [1.82, 2.24) is 0 Å². The zero-order valence-electron chi connectivity index (χ0n) is 11.2. The summed E-state index contributed by atoms with van der Waals surface area (Å²) in [6, 6.07) is 14.8. The third kappa shape index (κ3) is 1.88. The Kier molecular flexibility index (Phi) is 3.03. The average molecular weight is 265 g/mol. The molecule has 2 aromatic carbocycles. The van der Waals surface area contributed by atoms with Crippen LogP contribution in [-0.4, -0.2) is 17.6 Å². The number of carbonyl (C=O) groups excluding carboxylic acids is 1. The fourth-order valence-electron chi connectivity index (χ4n) is 2.53. The van der Waals surface area contributed by atoms with Crippen molar-refractivity contribution in [3.05, 3.63) is 59.7 Å². The summed E-state index contributed by atoms with van der Waals surface area (Å²) in [6.07, 6.45) is 1.76. The Morgan fingerprint density at radius 2 is 1.80 bits per heavy atom. The van der Waals surface area contributed by atoms with Crippen molar-refractivity contribution in [2.24, 2.45) is 0 Å². The van der Waals surface area contributed by atoms with Gasteiger partial charge in [0, 0.05) is 23.2 Å². The van der Waals surface area contributed by atoms with Crippen molar-refractivity contribution in [3.63, 3.8) is 0 Å². The lowest BCUT2D eigenvalue weighted by molar-refractivity contribution is -0.112. The van der Waals surface area contributed by atoms with Gasteiger partial charge in [0.1, 0.15) is 5.75 Å². The van der Waals surface area contributed by atoms with E-state index in [1.54, 1.807) is 29.2 Å². The van der Waals surface area contributed by atoms with Gasteiger partial charge in [-0.15, -0.1) is 0 Å². The molecule has 0 atom stereocenters. The predicted octanol–water partition coefficient (Wildman–Crippen LogP) is 3.30. The van der Waals surface area contributed by atoms with Gasteiger partial charge >= 0.3 is 0 Å². The van der Waals surface area contributed by atoms with Crippen molar-refractivity contribution in [3.8, 4) is 5.75 Å². The van der Waals surface area contributed by atoms with Crippen LogP contribution in [0.4, 0.5) is 5.69 Å². The molecule has 3 rings (SSSR count). The normalized spacial score (nSPS) is 15.8. The lowest BCUT2D eigenvalue weighted by atomic mass is 10.0. The molecule has 0 saturated heterocycles. The van der Waals surface area contributed by atoms with Crippen molar-refractivity contribution in [2.75, 3.05) is 11.4 Å². The first-order valence-corrected chi connectivity index (χ1v) is 6.63. The van der Waals surface area contributed by atoms with E-state index in [0.717, 1.165) is 11.3 Å². The minimum Gasteiger partial charge on any atom is -0.507 e. The second-order valence-corrected chi connectivity index (χ2v) is 4.68. The lowest BCUT2D eigenvalue weighted by Crippen LogP contribution is -2.25. The van der Waals surface area contributed by atoms with Crippen LogP contribution in [0.5, 0.6) is 5.75 Å².